The number of rotatable bonds is 4. The van der Waals surface area contributed by atoms with Crippen LogP contribution in [0.2, 0.25) is 5.02 Å². The fourth-order valence-corrected chi connectivity index (χ4v) is 7.01. The monoisotopic (exact) mass is 621 g/mol. The number of aryl methyl sites for hydroxylation is 1. The second-order valence-electron chi connectivity index (χ2n) is 13.7. The zero-order valence-electron chi connectivity index (χ0n) is 25.7. The predicted molar refractivity (Wildman–Crippen MR) is 168 cm³/mol. The van der Waals surface area contributed by atoms with Crippen LogP contribution in [0.4, 0.5) is 15.0 Å². The van der Waals surface area contributed by atoms with E-state index in [1.807, 2.05) is 39.8 Å². The molecule has 10 nitrogen and oxygen atoms in total. The van der Waals surface area contributed by atoms with Gasteiger partial charge in [-0.3, -0.25) is 5.10 Å². The van der Waals surface area contributed by atoms with Gasteiger partial charge in [0.1, 0.15) is 23.0 Å². The van der Waals surface area contributed by atoms with E-state index >= 15 is 4.39 Å². The highest BCUT2D eigenvalue weighted by atomic mass is 35.5. The minimum absolute atomic E-state index is 0.0509. The molecule has 0 aliphatic carbocycles. The van der Waals surface area contributed by atoms with Gasteiger partial charge in [-0.15, -0.1) is 0 Å². The van der Waals surface area contributed by atoms with Crippen molar-refractivity contribution in [2.24, 2.45) is 5.41 Å². The molecule has 0 bridgehead atoms. The normalized spacial score (nSPS) is 19.0. The number of likely N-dealkylation sites (tertiary alicyclic amines) is 2. The van der Waals surface area contributed by atoms with Crippen LogP contribution in [-0.4, -0.2) is 94.1 Å². The van der Waals surface area contributed by atoms with Gasteiger partial charge in [-0.25, -0.2) is 9.18 Å². The number of ether oxygens (including phenoxy) is 2. The van der Waals surface area contributed by atoms with Crippen LogP contribution < -0.4 is 9.64 Å². The Morgan fingerprint density at radius 2 is 1.82 bits per heavy atom. The number of hydrogen-bond acceptors (Lipinski definition) is 8. The van der Waals surface area contributed by atoms with E-state index in [4.69, 9.17) is 26.1 Å². The third-order valence-corrected chi connectivity index (χ3v) is 9.22. The van der Waals surface area contributed by atoms with Crippen LogP contribution in [0, 0.1) is 18.2 Å². The highest BCUT2D eigenvalue weighted by molar-refractivity contribution is 6.35. The topological polar surface area (TPSA) is 99.7 Å². The number of nitrogens with zero attached hydrogens (tertiary/aromatic N) is 6. The number of piperidine rings is 1. The van der Waals surface area contributed by atoms with Crippen LogP contribution in [0.5, 0.6) is 6.01 Å². The lowest BCUT2D eigenvalue weighted by Gasteiger charge is -2.60. The molecule has 0 unspecified atom stereocenters. The maximum atomic E-state index is 16.8. The van der Waals surface area contributed by atoms with E-state index in [2.05, 4.69) is 32.0 Å². The molecule has 1 spiro atoms. The molecule has 2 aromatic heterocycles. The first-order chi connectivity index (χ1) is 20.9. The van der Waals surface area contributed by atoms with Gasteiger partial charge in [-0.05, 0) is 65.3 Å². The highest BCUT2D eigenvalue weighted by Crippen LogP contribution is 2.46. The summed E-state index contributed by atoms with van der Waals surface area (Å²) in [6.07, 6.45) is 3.03. The van der Waals surface area contributed by atoms with Crippen LogP contribution in [-0.2, 0) is 4.74 Å². The van der Waals surface area contributed by atoms with E-state index in [9.17, 15) is 4.79 Å². The number of H-pyrrole nitrogens is 1. The van der Waals surface area contributed by atoms with Crippen LogP contribution in [0.25, 0.3) is 32.9 Å². The van der Waals surface area contributed by atoms with Gasteiger partial charge in [0.15, 0.2) is 5.82 Å². The van der Waals surface area contributed by atoms with Crippen LogP contribution in [0.15, 0.2) is 24.4 Å². The molecule has 12 heteroatoms. The van der Waals surface area contributed by atoms with Gasteiger partial charge in [0, 0.05) is 66.6 Å². The summed E-state index contributed by atoms with van der Waals surface area (Å²) < 4.78 is 28.6. The summed E-state index contributed by atoms with van der Waals surface area (Å²) in [6.45, 7) is 11.9. The van der Waals surface area contributed by atoms with E-state index in [-0.39, 0.29) is 39.7 Å². The lowest BCUT2D eigenvalue weighted by Crippen LogP contribution is -2.73. The average molecular weight is 622 g/mol. The number of amides is 1. The molecule has 3 aliphatic rings. The summed E-state index contributed by atoms with van der Waals surface area (Å²) in [7, 11) is 2.09. The summed E-state index contributed by atoms with van der Waals surface area (Å²) in [4.78, 5) is 28.1. The molecule has 3 fully saturated rings. The van der Waals surface area contributed by atoms with E-state index < -0.39 is 11.4 Å². The first kappa shape index (κ1) is 29.0. The second-order valence-corrected chi connectivity index (χ2v) is 14.1. The van der Waals surface area contributed by atoms with Crippen LogP contribution >= 0.6 is 11.6 Å². The van der Waals surface area contributed by atoms with Crippen LogP contribution in [0.3, 0.4) is 0 Å². The van der Waals surface area contributed by atoms with Crippen molar-refractivity contribution >= 4 is 45.3 Å². The van der Waals surface area contributed by atoms with Gasteiger partial charge in [0.25, 0.3) is 0 Å². The molecule has 44 heavy (non-hydrogen) atoms. The third kappa shape index (κ3) is 5.09. The number of aromatic amines is 1. The van der Waals surface area contributed by atoms with Gasteiger partial charge < -0.3 is 24.2 Å². The fourth-order valence-electron chi connectivity index (χ4n) is 6.73. The molecule has 232 valence electrons. The number of carbonyl (C=O) groups excluding carboxylic acids is 1. The number of nitrogens with one attached hydrogen (secondary N) is 1. The minimum Gasteiger partial charge on any atom is -0.460 e. The Balaban J connectivity index is 1.25. The fraction of sp³-hybridized carbons (Fsp3) is 0.500. The molecule has 3 aliphatic heterocycles. The third-order valence-electron chi connectivity index (χ3n) is 8.92. The smallest absolute Gasteiger partial charge is 0.410 e. The lowest BCUT2D eigenvalue weighted by molar-refractivity contribution is -0.0454. The second kappa shape index (κ2) is 10.4. The van der Waals surface area contributed by atoms with Gasteiger partial charge in [0.05, 0.1) is 16.7 Å². The number of anilines is 1. The predicted octanol–water partition coefficient (Wildman–Crippen LogP) is 5.80. The highest BCUT2D eigenvalue weighted by Gasteiger charge is 2.54. The SMILES string of the molecule is Cc1ccc2[nH]ncc2c1-c1c(Cl)cc2c(N3CC4(CN(C(=O)OC(C)(C)C)C4)C3)nc(OC3CCN(C)CC3)nc2c1F. The summed E-state index contributed by atoms with van der Waals surface area (Å²) in [5, 5.41) is 8.73. The summed E-state index contributed by atoms with van der Waals surface area (Å²) in [5.41, 5.74) is 2.20. The molecule has 1 amide bonds. The lowest BCUT2D eigenvalue weighted by atomic mass is 9.73. The van der Waals surface area contributed by atoms with Gasteiger partial charge in [0.2, 0.25) is 0 Å². The van der Waals surface area contributed by atoms with E-state index in [1.54, 1.807) is 17.2 Å². The quantitative estimate of drug-likeness (QED) is 0.305. The van der Waals surface area contributed by atoms with Crippen molar-refractivity contribution in [2.45, 2.75) is 52.2 Å². The molecule has 3 saturated heterocycles. The number of hydrogen-bond donors (Lipinski definition) is 1. The Kier molecular flexibility index (Phi) is 6.89. The number of carbonyl (C=O) groups is 1. The van der Waals surface area contributed by atoms with Crippen molar-refractivity contribution in [1.82, 2.24) is 30.0 Å². The number of halogens is 2. The Morgan fingerprint density at radius 1 is 1.09 bits per heavy atom. The van der Waals surface area contributed by atoms with Crippen molar-refractivity contribution in [3.05, 3.63) is 40.8 Å². The van der Waals surface area contributed by atoms with Gasteiger partial charge in [-0.2, -0.15) is 15.1 Å². The minimum atomic E-state index is -0.542. The maximum Gasteiger partial charge on any atom is 0.410 e. The van der Waals surface area contributed by atoms with Crippen molar-refractivity contribution in [2.75, 3.05) is 51.2 Å². The molecule has 0 radical (unpaired) electrons. The number of fused-ring (bicyclic) bond motifs is 2. The van der Waals surface area contributed by atoms with Crippen LogP contribution in [0.1, 0.15) is 39.2 Å². The molecule has 4 aromatic rings. The summed E-state index contributed by atoms with van der Waals surface area (Å²) in [6, 6.07) is 5.78. The van der Waals surface area contributed by atoms with Crippen molar-refractivity contribution in [1.29, 1.82) is 0 Å². The maximum absolute atomic E-state index is 16.8. The zero-order valence-corrected chi connectivity index (χ0v) is 26.5. The van der Waals surface area contributed by atoms with E-state index in [1.165, 1.54) is 0 Å². The molecule has 1 N–H and O–H groups in total. The molecule has 2 aromatic carbocycles. The van der Waals surface area contributed by atoms with Crippen molar-refractivity contribution in [3.8, 4) is 17.1 Å². The Hall–Kier alpha value is -3.70. The standard InChI is InChI=1S/C32H37ClFN7O3/c1-18-6-7-23-21(13-35-38-23)24(18)25-22(33)12-20-27(26(25)34)36-29(43-19-8-10-39(5)11-9-19)37-28(20)40-14-32(15-40)16-41(17-32)30(42)44-31(2,3)4/h6-7,12-13,19H,8-11,14-17H2,1-5H3,(H,35,38). The molecule has 5 heterocycles. The Bertz CT molecular complexity index is 1770. The first-order valence-corrected chi connectivity index (χ1v) is 15.5. The number of aromatic nitrogens is 4. The van der Waals surface area contributed by atoms with E-state index in [0.717, 1.165) is 42.4 Å². The molecular weight excluding hydrogens is 585 g/mol. The molecule has 7 rings (SSSR count). The van der Waals surface area contributed by atoms with Crippen molar-refractivity contribution < 1.29 is 18.7 Å². The Morgan fingerprint density at radius 3 is 2.52 bits per heavy atom. The Labute approximate surface area is 260 Å². The van der Waals surface area contributed by atoms with Gasteiger partial charge in [-0.1, -0.05) is 17.7 Å². The largest absolute Gasteiger partial charge is 0.460 e. The van der Waals surface area contributed by atoms with Crippen molar-refractivity contribution in [3.63, 3.8) is 0 Å². The van der Waals surface area contributed by atoms with E-state index in [0.29, 0.717) is 42.9 Å². The molecular formula is C32H37ClFN7O3. The number of benzene rings is 2. The summed E-state index contributed by atoms with van der Waals surface area (Å²) >= 11 is 6.89. The molecule has 0 atom stereocenters. The van der Waals surface area contributed by atoms with Gasteiger partial charge >= 0.3 is 12.1 Å². The first-order valence-electron chi connectivity index (χ1n) is 15.1. The average Bonchev–Trinajstić information content (AvgIpc) is 3.38. The zero-order chi connectivity index (χ0) is 31.0. The summed E-state index contributed by atoms with van der Waals surface area (Å²) in [5.74, 6) is 0.0704. The molecule has 0 saturated carbocycles.